The fraction of sp³-hybridized carbons (Fsp3) is 0.143. The normalized spacial score (nSPS) is 11.3. The first-order chi connectivity index (χ1) is 11.6. The van der Waals surface area contributed by atoms with Gasteiger partial charge < -0.3 is 9.47 Å². The summed E-state index contributed by atoms with van der Waals surface area (Å²) in [4.78, 5) is -1.66. The van der Waals surface area contributed by atoms with Crippen molar-refractivity contribution in [2.24, 2.45) is 0 Å². The van der Waals surface area contributed by atoms with Crippen molar-refractivity contribution in [3.05, 3.63) is 45.9 Å². The predicted molar refractivity (Wildman–Crippen MR) is 84.3 cm³/mol. The van der Waals surface area contributed by atoms with E-state index < -0.39 is 42.7 Å². The van der Waals surface area contributed by atoms with Crippen LogP contribution in [0.2, 0.25) is 0 Å². The number of hydrogen-bond acceptors (Lipinski definition) is 4. The highest BCUT2D eigenvalue weighted by Crippen LogP contribution is 2.34. The van der Waals surface area contributed by atoms with Crippen molar-refractivity contribution in [3.63, 3.8) is 0 Å². The second-order valence-electron chi connectivity index (χ2n) is 4.57. The molecule has 0 atom stereocenters. The Hall–Kier alpha value is -2.01. The molecule has 0 fully saturated rings. The lowest BCUT2D eigenvalue weighted by atomic mass is 10.3. The van der Waals surface area contributed by atoms with Crippen molar-refractivity contribution >= 4 is 31.6 Å². The topological polar surface area (TPSA) is 64.6 Å². The van der Waals surface area contributed by atoms with Crippen LogP contribution in [-0.2, 0) is 10.0 Å². The summed E-state index contributed by atoms with van der Waals surface area (Å²) in [5.74, 6) is -7.56. The second kappa shape index (κ2) is 7.08. The Labute approximate surface area is 148 Å². The molecule has 11 heteroatoms. The van der Waals surface area contributed by atoms with Gasteiger partial charge in [0.25, 0.3) is 10.0 Å². The Morgan fingerprint density at radius 3 is 2.08 bits per heavy atom. The highest BCUT2D eigenvalue weighted by atomic mass is 79.9. The maximum atomic E-state index is 14.0. The SMILES string of the molecule is COc1ccc(NS(=O)(=O)c2c(F)c(F)c(F)c(Br)c2F)cc1OC. The van der Waals surface area contributed by atoms with Crippen LogP contribution in [0, 0.1) is 23.3 Å². The Bertz CT molecular complexity index is 908. The largest absolute Gasteiger partial charge is 0.493 e. The van der Waals surface area contributed by atoms with Crippen LogP contribution in [0.5, 0.6) is 11.5 Å². The van der Waals surface area contributed by atoms with Gasteiger partial charge in [-0.15, -0.1) is 0 Å². The predicted octanol–water partition coefficient (Wildman–Crippen LogP) is 3.82. The van der Waals surface area contributed by atoms with E-state index >= 15 is 0 Å². The third kappa shape index (κ3) is 3.52. The summed E-state index contributed by atoms with van der Waals surface area (Å²) in [7, 11) is -2.27. The van der Waals surface area contributed by atoms with Crippen molar-refractivity contribution in [1.29, 1.82) is 0 Å². The highest BCUT2D eigenvalue weighted by Gasteiger charge is 2.32. The van der Waals surface area contributed by atoms with Gasteiger partial charge in [0.15, 0.2) is 39.7 Å². The van der Waals surface area contributed by atoms with Gasteiger partial charge in [0.1, 0.15) is 0 Å². The molecule has 0 saturated heterocycles. The number of hydrogen-bond donors (Lipinski definition) is 1. The second-order valence-corrected chi connectivity index (χ2v) is 6.99. The zero-order valence-electron chi connectivity index (χ0n) is 12.7. The molecule has 1 N–H and O–H groups in total. The molecular weight excluding hydrogens is 434 g/mol. The molecule has 25 heavy (non-hydrogen) atoms. The Morgan fingerprint density at radius 1 is 0.920 bits per heavy atom. The monoisotopic (exact) mass is 443 g/mol. The molecule has 0 aliphatic carbocycles. The molecule has 0 aliphatic rings. The molecule has 0 aromatic heterocycles. The fourth-order valence-electron chi connectivity index (χ4n) is 1.93. The molecule has 2 rings (SSSR count). The van der Waals surface area contributed by atoms with Gasteiger partial charge in [-0.05, 0) is 28.1 Å². The molecule has 0 bridgehead atoms. The van der Waals surface area contributed by atoms with Gasteiger partial charge in [-0.25, -0.2) is 26.0 Å². The maximum absolute atomic E-state index is 14.0. The minimum absolute atomic E-state index is 0.134. The van der Waals surface area contributed by atoms with E-state index in [1.807, 2.05) is 4.72 Å². The van der Waals surface area contributed by atoms with Gasteiger partial charge in [-0.1, -0.05) is 0 Å². The van der Waals surface area contributed by atoms with E-state index in [0.717, 1.165) is 0 Å². The van der Waals surface area contributed by atoms with Gasteiger partial charge in [-0.3, -0.25) is 4.72 Å². The summed E-state index contributed by atoms with van der Waals surface area (Å²) >= 11 is 2.35. The maximum Gasteiger partial charge on any atom is 0.267 e. The summed E-state index contributed by atoms with van der Waals surface area (Å²) in [6.45, 7) is 0. The number of methoxy groups -OCH3 is 2. The van der Waals surface area contributed by atoms with E-state index in [0.29, 0.717) is 0 Å². The Morgan fingerprint density at radius 2 is 1.52 bits per heavy atom. The van der Waals surface area contributed by atoms with Crippen LogP contribution < -0.4 is 14.2 Å². The lowest BCUT2D eigenvalue weighted by Crippen LogP contribution is -2.18. The molecule has 0 heterocycles. The zero-order valence-corrected chi connectivity index (χ0v) is 15.1. The van der Waals surface area contributed by atoms with E-state index in [1.54, 1.807) is 0 Å². The molecule has 0 radical (unpaired) electrons. The summed E-state index contributed by atoms with van der Waals surface area (Å²) < 4.78 is 89.7. The summed E-state index contributed by atoms with van der Waals surface area (Å²) in [5, 5.41) is 0. The van der Waals surface area contributed by atoms with E-state index in [1.165, 1.54) is 32.4 Å². The van der Waals surface area contributed by atoms with Gasteiger partial charge in [0, 0.05) is 6.07 Å². The minimum Gasteiger partial charge on any atom is -0.493 e. The first-order valence-electron chi connectivity index (χ1n) is 6.40. The van der Waals surface area contributed by atoms with Gasteiger partial charge >= 0.3 is 0 Å². The zero-order chi connectivity index (χ0) is 18.9. The molecule has 2 aromatic rings. The summed E-state index contributed by atoms with van der Waals surface area (Å²) in [6.07, 6.45) is 0. The fourth-order valence-corrected chi connectivity index (χ4v) is 3.63. The molecule has 0 unspecified atom stereocenters. The standard InChI is InChI=1S/C14H10BrF4NO4S/c1-23-7-4-3-6(5-8(7)24-2)20-25(21,22)14-11(17)9(15)10(16)12(18)13(14)19/h3-5,20H,1-2H3. The molecule has 0 aliphatic heterocycles. The Balaban J connectivity index is 2.55. The molecule has 0 amide bonds. The van der Waals surface area contributed by atoms with Crippen molar-refractivity contribution in [1.82, 2.24) is 0 Å². The van der Waals surface area contributed by atoms with Crippen molar-refractivity contribution in [2.45, 2.75) is 4.90 Å². The number of nitrogens with one attached hydrogen (secondary N) is 1. The third-order valence-electron chi connectivity index (χ3n) is 3.07. The van der Waals surface area contributed by atoms with Crippen LogP contribution in [0.1, 0.15) is 0 Å². The van der Waals surface area contributed by atoms with Crippen LogP contribution in [0.15, 0.2) is 27.6 Å². The lowest BCUT2D eigenvalue weighted by Gasteiger charge is -2.13. The van der Waals surface area contributed by atoms with Crippen molar-refractivity contribution in [3.8, 4) is 11.5 Å². The van der Waals surface area contributed by atoms with E-state index in [2.05, 4.69) is 15.9 Å². The molecule has 0 spiro atoms. The highest BCUT2D eigenvalue weighted by molar-refractivity contribution is 9.10. The molecule has 2 aromatic carbocycles. The number of sulfonamides is 1. The van der Waals surface area contributed by atoms with Crippen molar-refractivity contribution in [2.75, 3.05) is 18.9 Å². The van der Waals surface area contributed by atoms with Gasteiger partial charge in [0.05, 0.1) is 24.4 Å². The first kappa shape index (κ1) is 19.3. The Kier molecular flexibility index (Phi) is 5.47. The number of benzene rings is 2. The molecule has 0 saturated carbocycles. The lowest BCUT2D eigenvalue weighted by molar-refractivity contribution is 0.355. The molecular formula is C14H10BrF4NO4S. The van der Waals surface area contributed by atoms with Crippen LogP contribution in [-0.4, -0.2) is 22.6 Å². The molecule has 136 valence electrons. The van der Waals surface area contributed by atoms with Crippen LogP contribution in [0.4, 0.5) is 23.2 Å². The van der Waals surface area contributed by atoms with E-state index in [-0.39, 0.29) is 17.2 Å². The number of ether oxygens (including phenoxy) is 2. The first-order valence-corrected chi connectivity index (χ1v) is 8.68. The molecule has 5 nitrogen and oxygen atoms in total. The smallest absolute Gasteiger partial charge is 0.267 e. The average Bonchev–Trinajstić information content (AvgIpc) is 2.57. The van der Waals surface area contributed by atoms with Crippen LogP contribution in [0.3, 0.4) is 0 Å². The number of halogens is 5. The minimum atomic E-state index is -4.91. The summed E-state index contributed by atoms with van der Waals surface area (Å²) in [6, 6.07) is 3.75. The average molecular weight is 444 g/mol. The van der Waals surface area contributed by atoms with E-state index in [4.69, 9.17) is 9.47 Å². The van der Waals surface area contributed by atoms with Crippen LogP contribution in [0.25, 0.3) is 0 Å². The van der Waals surface area contributed by atoms with Gasteiger partial charge in [-0.2, -0.15) is 0 Å². The number of anilines is 1. The van der Waals surface area contributed by atoms with Crippen molar-refractivity contribution < 1.29 is 35.5 Å². The number of rotatable bonds is 5. The quantitative estimate of drug-likeness (QED) is 0.433. The van der Waals surface area contributed by atoms with Gasteiger partial charge in [0.2, 0.25) is 0 Å². The van der Waals surface area contributed by atoms with E-state index in [9.17, 15) is 26.0 Å². The summed E-state index contributed by atoms with van der Waals surface area (Å²) in [5.41, 5.74) is -0.141. The third-order valence-corrected chi connectivity index (χ3v) is 5.17. The van der Waals surface area contributed by atoms with Crippen LogP contribution >= 0.6 is 15.9 Å².